The van der Waals surface area contributed by atoms with Gasteiger partial charge in [-0.2, -0.15) is 0 Å². The van der Waals surface area contributed by atoms with E-state index >= 15 is 0 Å². The maximum absolute atomic E-state index is 11.8. The Kier molecular flexibility index (Phi) is 7.02. The van der Waals surface area contributed by atoms with E-state index in [0.717, 1.165) is 10.5 Å². The van der Waals surface area contributed by atoms with Crippen molar-refractivity contribution in [3.8, 4) is 0 Å². The normalized spacial score (nSPS) is 10.2. The van der Waals surface area contributed by atoms with E-state index in [9.17, 15) is 14.4 Å². The Morgan fingerprint density at radius 2 is 1.81 bits per heavy atom. The summed E-state index contributed by atoms with van der Waals surface area (Å²) in [4.78, 5) is 36.6. The highest BCUT2D eigenvalue weighted by atomic mass is 32.1. The van der Waals surface area contributed by atoms with Gasteiger partial charge >= 0.3 is 5.97 Å². The molecule has 0 aliphatic carbocycles. The monoisotopic (exact) mass is 308 g/mol. The van der Waals surface area contributed by atoms with Crippen molar-refractivity contribution < 1.29 is 19.1 Å². The van der Waals surface area contributed by atoms with E-state index in [1.807, 2.05) is 13.0 Å². The average Bonchev–Trinajstić information content (AvgIpc) is 2.86. The predicted octanol–water partition coefficient (Wildman–Crippen LogP) is 3.49. The third-order valence-electron chi connectivity index (χ3n) is 2.73. The molecule has 0 fully saturated rings. The van der Waals surface area contributed by atoms with Crippen molar-refractivity contribution in [3.05, 3.63) is 34.0 Å². The number of ketones is 2. The van der Waals surface area contributed by atoms with Crippen LogP contribution in [0.4, 0.5) is 0 Å². The predicted molar refractivity (Wildman–Crippen MR) is 82.6 cm³/mol. The highest BCUT2D eigenvalue weighted by Gasteiger charge is 2.12. The first-order valence-electron chi connectivity index (χ1n) is 6.80. The SMILES string of the molecule is C=C(C)COC(=O)CCC(=O)CCC(=O)c1ccc(C)s1. The van der Waals surface area contributed by atoms with Crippen LogP contribution in [0.1, 0.15) is 47.2 Å². The van der Waals surface area contributed by atoms with E-state index in [1.54, 1.807) is 13.0 Å². The molecule has 5 heteroatoms. The average molecular weight is 308 g/mol. The standard InChI is InChI=1S/C16H20O4S/c1-11(2)10-20-16(19)9-6-13(17)5-7-14(18)15-8-4-12(3)21-15/h4,8H,1,5-7,9-10H2,2-3H3. The van der Waals surface area contributed by atoms with Crippen molar-refractivity contribution in [2.45, 2.75) is 39.5 Å². The van der Waals surface area contributed by atoms with Crippen LogP contribution in [0.2, 0.25) is 0 Å². The summed E-state index contributed by atoms with van der Waals surface area (Å²) in [6, 6.07) is 3.67. The molecule has 0 saturated carbocycles. The van der Waals surface area contributed by atoms with Crippen LogP contribution in [0.3, 0.4) is 0 Å². The van der Waals surface area contributed by atoms with Crippen molar-refractivity contribution in [2.24, 2.45) is 0 Å². The molecular formula is C16H20O4S. The summed E-state index contributed by atoms with van der Waals surface area (Å²) >= 11 is 1.43. The highest BCUT2D eigenvalue weighted by molar-refractivity contribution is 7.14. The van der Waals surface area contributed by atoms with Gasteiger partial charge in [0.1, 0.15) is 12.4 Å². The van der Waals surface area contributed by atoms with Gasteiger partial charge in [0.05, 0.1) is 11.3 Å². The molecule has 1 rings (SSSR count). The summed E-state index contributed by atoms with van der Waals surface area (Å²) < 4.78 is 4.90. The second-order valence-corrected chi connectivity index (χ2v) is 6.28. The smallest absolute Gasteiger partial charge is 0.306 e. The van der Waals surface area contributed by atoms with Gasteiger partial charge in [0.25, 0.3) is 0 Å². The molecule has 0 atom stereocenters. The minimum Gasteiger partial charge on any atom is -0.461 e. The van der Waals surface area contributed by atoms with Crippen molar-refractivity contribution >= 4 is 28.9 Å². The lowest BCUT2D eigenvalue weighted by Gasteiger charge is -2.03. The molecule has 0 aromatic carbocycles. The lowest BCUT2D eigenvalue weighted by Crippen LogP contribution is -2.10. The largest absolute Gasteiger partial charge is 0.461 e. The van der Waals surface area contributed by atoms with Gasteiger partial charge in [-0.3, -0.25) is 14.4 Å². The quantitative estimate of drug-likeness (QED) is 0.398. The van der Waals surface area contributed by atoms with E-state index in [0.29, 0.717) is 4.88 Å². The summed E-state index contributed by atoms with van der Waals surface area (Å²) in [5.41, 5.74) is 0.756. The molecule has 1 aromatic rings. The fraction of sp³-hybridized carbons (Fsp3) is 0.438. The molecule has 1 aromatic heterocycles. The molecule has 114 valence electrons. The van der Waals surface area contributed by atoms with Crippen molar-refractivity contribution in [1.29, 1.82) is 0 Å². The second kappa shape index (κ2) is 8.52. The molecule has 21 heavy (non-hydrogen) atoms. The Morgan fingerprint density at radius 3 is 2.38 bits per heavy atom. The zero-order chi connectivity index (χ0) is 15.8. The number of thiophene rings is 1. The molecule has 0 aliphatic heterocycles. The van der Waals surface area contributed by atoms with Crippen LogP contribution in [0.5, 0.6) is 0 Å². The third kappa shape index (κ3) is 6.99. The van der Waals surface area contributed by atoms with Crippen molar-refractivity contribution in [1.82, 2.24) is 0 Å². The summed E-state index contributed by atoms with van der Waals surface area (Å²) in [5.74, 6) is -0.526. The second-order valence-electron chi connectivity index (χ2n) is 4.99. The summed E-state index contributed by atoms with van der Waals surface area (Å²) in [5, 5.41) is 0. The minimum absolute atomic E-state index is 0.0219. The Labute approximate surface area is 128 Å². The topological polar surface area (TPSA) is 60.4 Å². The van der Waals surface area contributed by atoms with Gasteiger partial charge in [-0.05, 0) is 31.6 Å². The van der Waals surface area contributed by atoms with Gasteiger partial charge < -0.3 is 4.74 Å². The Hall–Kier alpha value is -1.75. The first kappa shape index (κ1) is 17.3. The first-order chi connectivity index (χ1) is 9.88. The first-order valence-corrected chi connectivity index (χ1v) is 7.61. The van der Waals surface area contributed by atoms with Crippen LogP contribution in [0.15, 0.2) is 24.3 Å². The molecular weight excluding hydrogens is 288 g/mol. The summed E-state index contributed by atoms with van der Waals surface area (Å²) in [6.45, 7) is 7.50. The van der Waals surface area contributed by atoms with Crippen LogP contribution < -0.4 is 0 Å². The number of hydrogen-bond acceptors (Lipinski definition) is 5. The number of hydrogen-bond donors (Lipinski definition) is 0. The number of rotatable bonds is 9. The Balaban J connectivity index is 2.23. The van der Waals surface area contributed by atoms with Crippen LogP contribution in [0, 0.1) is 6.92 Å². The fourth-order valence-electron chi connectivity index (χ4n) is 1.60. The van der Waals surface area contributed by atoms with Gasteiger partial charge in [-0.1, -0.05) is 6.58 Å². The van der Waals surface area contributed by atoms with E-state index in [1.165, 1.54) is 11.3 Å². The van der Waals surface area contributed by atoms with Crippen LogP contribution in [0.25, 0.3) is 0 Å². The van der Waals surface area contributed by atoms with E-state index in [-0.39, 0.29) is 43.9 Å². The van der Waals surface area contributed by atoms with Gasteiger partial charge in [-0.25, -0.2) is 0 Å². The van der Waals surface area contributed by atoms with Crippen molar-refractivity contribution in [3.63, 3.8) is 0 Å². The lowest BCUT2D eigenvalue weighted by atomic mass is 10.1. The summed E-state index contributed by atoms with van der Waals surface area (Å²) in [7, 11) is 0. The van der Waals surface area contributed by atoms with Gasteiger partial charge in [-0.15, -0.1) is 11.3 Å². The number of carbonyl (C=O) groups is 3. The number of aryl methyl sites for hydroxylation is 1. The van der Waals surface area contributed by atoms with Gasteiger partial charge in [0.2, 0.25) is 0 Å². The molecule has 0 radical (unpaired) electrons. The molecule has 1 heterocycles. The van der Waals surface area contributed by atoms with Gasteiger partial charge in [0.15, 0.2) is 5.78 Å². The number of Topliss-reactive ketones (excluding diaryl/α,β-unsaturated/α-hetero) is 2. The lowest BCUT2D eigenvalue weighted by molar-refractivity contribution is -0.143. The maximum atomic E-state index is 11.8. The Morgan fingerprint density at radius 1 is 1.14 bits per heavy atom. The number of carbonyl (C=O) groups excluding carboxylic acids is 3. The molecule has 0 unspecified atom stereocenters. The highest BCUT2D eigenvalue weighted by Crippen LogP contribution is 2.17. The maximum Gasteiger partial charge on any atom is 0.306 e. The van der Waals surface area contributed by atoms with Crippen LogP contribution in [-0.2, 0) is 14.3 Å². The van der Waals surface area contributed by atoms with Crippen molar-refractivity contribution in [2.75, 3.05) is 6.61 Å². The molecule has 4 nitrogen and oxygen atoms in total. The van der Waals surface area contributed by atoms with E-state index < -0.39 is 5.97 Å². The molecule has 0 amide bonds. The van der Waals surface area contributed by atoms with Crippen LogP contribution >= 0.6 is 11.3 Å². The third-order valence-corrected chi connectivity index (χ3v) is 3.78. The summed E-state index contributed by atoms with van der Waals surface area (Å²) in [6.07, 6.45) is 0.535. The molecule has 0 saturated heterocycles. The van der Waals surface area contributed by atoms with E-state index in [2.05, 4.69) is 6.58 Å². The fourth-order valence-corrected chi connectivity index (χ4v) is 2.44. The molecule has 0 spiro atoms. The van der Waals surface area contributed by atoms with E-state index in [4.69, 9.17) is 4.74 Å². The minimum atomic E-state index is -0.411. The Bertz CT molecular complexity index is 542. The molecule has 0 N–H and O–H groups in total. The zero-order valence-corrected chi connectivity index (χ0v) is 13.3. The van der Waals surface area contributed by atoms with Gasteiger partial charge in [0, 0.05) is 24.1 Å². The zero-order valence-electron chi connectivity index (χ0n) is 12.4. The molecule has 0 bridgehead atoms. The molecule has 0 aliphatic rings. The number of ether oxygens (including phenoxy) is 1. The van der Waals surface area contributed by atoms with Crippen LogP contribution in [-0.4, -0.2) is 24.1 Å². The number of esters is 1.